The first-order chi connectivity index (χ1) is 9.76. The Kier molecular flexibility index (Phi) is 5.59. The Morgan fingerprint density at radius 3 is 2.80 bits per heavy atom. The SMILES string of the molecule is CCNc1cc(N(CC)CC2CCCO2)nc(CC)n1. The van der Waals surface area contributed by atoms with Crippen LogP contribution >= 0.6 is 0 Å². The summed E-state index contributed by atoms with van der Waals surface area (Å²) in [5, 5.41) is 3.29. The van der Waals surface area contributed by atoms with E-state index in [0.29, 0.717) is 6.10 Å². The Morgan fingerprint density at radius 2 is 2.20 bits per heavy atom. The molecule has 2 heterocycles. The van der Waals surface area contributed by atoms with E-state index in [1.54, 1.807) is 0 Å². The van der Waals surface area contributed by atoms with Crippen molar-refractivity contribution in [1.29, 1.82) is 0 Å². The standard InChI is InChI=1S/C15H26N4O/c1-4-13-17-14(16-5-2)10-15(18-13)19(6-3)11-12-8-7-9-20-12/h10,12H,4-9,11H2,1-3H3,(H,16,17,18). The van der Waals surface area contributed by atoms with Crippen LogP contribution in [-0.2, 0) is 11.2 Å². The Morgan fingerprint density at radius 1 is 1.35 bits per heavy atom. The molecule has 0 aromatic carbocycles. The zero-order valence-corrected chi connectivity index (χ0v) is 12.9. The van der Waals surface area contributed by atoms with Gasteiger partial charge in [0.05, 0.1) is 6.10 Å². The Bertz CT molecular complexity index is 418. The fourth-order valence-electron chi connectivity index (χ4n) is 2.49. The maximum atomic E-state index is 5.74. The van der Waals surface area contributed by atoms with Crippen LogP contribution in [0.15, 0.2) is 6.07 Å². The molecule has 0 saturated carbocycles. The molecule has 0 aliphatic carbocycles. The van der Waals surface area contributed by atoms with Gasteiger partial charge in [0.2, 0.25) is 0 Å². The normalized spacial score (nSPS) is 18.2. The summed E-state index contributed by atoms with van der Waals surface area (Å²) in [7, 11) is 0. The predicted octanol–water partition coefficient (Wildman–Crippen LogP) is 2.48. The van der Waals surface area contributed by atoms with E-state index < -0.39 is 0 Å². The molecule has 1 N–H and O–H groups in total. The van der Waals surface area contributed by atoms with Crippen LogP contribution in [0.5, 0.6) is 0 Å². The highest BCUT2D eigenvalue weighted by molar-refractivity contribution is 5.49. The monoisotopic (exact) mass is 278 g/mol. The van der Waals surface area contributed by atoms with Crippen LogP contribution < -0.4 is 10.2 Å². The molecule has 2 rings (SSSR count). The van der Waals surface area contributed by atoms with Gasteiger partial charge in [0.15, 0.2) is 0 Å². The van der Waals surface area contributed by atoms with Gasteiger partial charge in [-0.3, -0.25) is 0 Å². The number of anilines is 2. The predicted molar refractivity (Wildman–Crippen MR) is 82.4 cm³/mol. The smallest absolute Gasteiger partial charge is 0.134 e. The topological polar surface area (TPSA) is 50.3 Å². The largest absolute Gasteiger partial charge is 0.376 e. The molecule has 1 aromatic heterocycles. The number of aryl methyl sites for hydroxylation is 1. The Labute approximate surface area is 121 Å². The van der Waals surface area contributed by atoms with Gasteiger partial charge in [-0.15, -0.1) is 0 Å². The summed E-state index contributed by atoms with van der Waals surface area (Å²) >= 11 is 0. The molecule has 1 unspecified atom stereocenters. The molecular weight excluding hydrogens is 252 g/mol. The van der Waals surface area contributed by atoms with Crippen LogP contribution in [0, 0.1) is 0 Å². The van der Waals surface area contributed by atoms with Crippen LogP contribution in [0.3, 0.4) is 0 Å². The average Bonchev–Trinajstić information content (AvgIpc) is 2.97. The van der Waals surface area contributed by atoms with E-state index in [1.165, 1.54) is 6.42 Å². The Hall–Kier alpha value is -1.36. The van der Waals surface area contributed by atoms with Crippen LogP contribution in [0.4, 0.5) is 11.6 Å². The van der Waals surface area contributed by atoms with E-state index in [0.717, 1.165) is 56.5 Å². The second-order valence-corrected chi connectivity index (χ2v) is 5.09. The molecular formula is C15H26N4O. The maximum Gasteiger partial charge on any atom is 0.134 e. The molecule has 1 aliphatic rings. The van der Waals surface area contributed by atoms with Gasteiger partial charge in [-0.25, -0.2) is 9.97 Å². The van der Waals surface area contributed by atoms with Crippen molar-refractivity contribution in [3.63, 3.8) is 0 Å². The Balaban J connectivity index is 2.15. The lowest BCUT2D eigenvalue weighted by molar-refractivity contribution is 0.115. The first-order valence-corrected chi connectivity index (χ1v) is 7.75. The highest BCUT2D eigenvalue weighted by Gasteiger charge is 2.20. The molecule has 1 saturated heterocycles. The summed E-state index contributed by atoms with van der Waals surface area (Å²) < 4.78 is 5.74. The second kappa shape index (κ2) is 7.43. The first kappa shape index (κ1) is 15.0. The summed E-state index contributed by atoms with van der Waals surface area (Å²) in [5.74, 6) is 2.81. The lowest BCUT2D eigenvalue weighted by Crippen LogP contribution is -2.33. The molecule has 112 valence electrons. The van der Waals surface area contributed by atoms with Crippen LogP contribution in [0.1, 0.15) is 39.4 Å². The fourth-order valence-corrected chi connectivity index (χ4v) is 2.49. The summed E-state index contributed by atoms with van der Waals surface area (Å²) in [6.45, 7) is 9.96. The highest BCUT2D eigenvalue weighted by Crippen LogP contribution is 2.20. The van der Waals surface area contributed by atoms with Crippen molar-refractivity contribution in [3.05, 3.63) is 11.9 Å². The van der Waals surface area contributed by atoms with Gasteiger partial charge in [0.25, 0.3) is 0 Å². The molecule has 1 atom stereocenters. The maximum absolute atomic E-state index is 5.74. The van der Waals surface area contributed by atoms with Gasteiger partial charge in [-0.2, -0.15) is 0 Å². The number of ether oxygens (including phenoxy) is 1. The van der Waals surface area contributed by atoms with E-state index >= 15 is 0 Å². The zero-order valence-electron chi connectivity index (χ0n) is 12.9. The summed E-state index contributed by atoms with van der Waals surface area (Å²) in [4.78, 5) is 11.5. The van der Waals surface area contributed by atoms with E-state index in [9.17, 15) is 0 Å². The van der Waals surface area contributed by atoms with Crippen molar-refractivity contribution in [2.45, 2.75) is 46.1 Å². The minimum absolute atomic E-state index is 0.345. The molecule has 1 aromatic rings. The number of hydrogen-bond donors (Lipinski definition) is 1. The van der Waals surface area contributed by atoms with Gasteiger partial charge in [0.1, 0.15) is 17.5 Å². The third-order valence-electron chi connectivity index (χ3n) is 3.59. The average molecular weight is 278 g/mol. The molecule has 5 nitrogen and oxygen atoms in total. The quantitative estimate of drug-likeness (QED) is 0.830. The van der Waals surface area contributed by atoms with Crippen molar-refractivity contribution in [2.24, 2.45) is 0 Å². The number of nitrogens with zero attached hydrogens (tertiary/aromatic N) is 3. The third kappa shape index (κ3) is 3.82. The van der Waals surface area contributed by atoms with E-state index in [4.69, 9.17) is 4.74 Å². The minimum atomic E-state index is 0.345. The molecule has 1 aliphatic heterocycles. The number of aromatic nitrogens is 2. The number of nitrogens with one attached hydrogen (secondary N) is 1. The molecule has 0 spiro atoms. The molecule has 5 heteroatoms. The zero-order chi connectivity index (χ0) is 14.4. The third-order valence-corrected chi connectivity index (χ3v) is 3.59. The van der Waals surface area contributed by atoms with E-state index in [2.05, 4.69) is 41.0 Å². The van der Waals surface area contributed by atoms with Crippen molar-refractivity contribution >= 4 is 11.6 Å². The second-order valence-electron chi connectivity index (χ2n) is 5.09. The lowest BCUT2D eigenvalue weighted by atomic mass is 10.2. The van der Waals surface area contributed by atoms with Crippen LogP contribution in [0.2, 0.25) is 0 Å². The van der Waals surface area contributed by atoms with Gasteiger partial charge in [-0.1, -0.05) is 6.92 Å². The summed E-state index contributed by atoms with van der Waals surface area (Å²) in [6, 6.07) is 2.04. The van der Waals surface area contributed by atoms with Gasteiger partial charge in [0, 0.05) is 38.7 Å². The number of rotatable bonds is 7. The minimum Gasteiger partial charge on any atom is -0.376 e. The van der Waals surface area contributed by atoms with E-state index in [-0.39, 0.29) is 0 Å². The fraction of sp³-hybridized carbons (Fsp3) is 0.733. The van der Waals surface area contributed by atoms with Gasteiger partial charge in [-0.05, 0) is 26.7 Å². The molecule has 0 bridgehead atoms. The summed E-state index contributed by atoms with van der Waals surface area (Å²) in [6.07, 6.45) is 3.53. The summed E-state index contributed by atoms with van der Waals surface area (Å²) in [5.41, 5.74) is 0. The lowest BCUT2D eigenvalue weighted by Gasteiger charge is -2.25. The number of likely N-dealkylation sites (N-methyl/N-ethyl adjacent to an activating group) is 1. The first-order valence-electron chi connectivity index (χ1n) is 7.75. The van der Waals surface area contributed by atoms with Gasteiger partial charge >= 0.3 is 0 Å². The van der Waals surface area contributed by atoms with Crippen molar-refractivity contribution in [2.75, 3.05) is 36.5 Å². The van der Waals surface area contributed by atoms with Crippen molar-refractivity contribution < 1.29 is 4.74 Å². The molecule has 0 amide bonds. The van der Waals surface area contributed by atoms with Crippen molar-refractivity contribution in [3.8, 4) is 0 Å². The van der Waals surface area contributed by atoms with E-state index in [1.807, 2.05) is 6.07 Å². The van der Waals surface area contributed by atoms with Gasteiger partial charge < -0.3 is 15.0 Å². The van der Waals surface area contributed by atoms with Crippen LogP contribution in [0.25, 0.3) is 0 Å². The molecule has 20 heavy (non-hydrogen) atoms. The van der Waals surface area contributed by atoms with Crippen LogP contribution in [-0.4, -0.2) is 42.3 Å². The molecule has 0 radical (unpaired) electrons. The number of hydrogen-bond acceptors (Lipinski definition) is 5. The highest BCUT2D eigenvalue weighted by atomic mass is 16.5. The molecule has 1 fully saturated rings. The van der Waals surface area contributed by atoms with Crippen molar-refractivity contribution in [1.82, 2.24) is 9.97 Å².